The number of aromatic nitrogens is 3. The Morgan fingerprint density at radius 1 is 1.29 bits per heavy atom. The first kappa shape index (κ1) is 19.1. The molecule has 10 heteroatoms. The highest BCUT2D eigenvalue weighted by Crippen LogP contribution is 2.20. The Labute approximate surface area is 158 Å². The molecule has 1 unspecified atom stereocenters. The number of carboxylic acids is 1. The van der Waals surface area contributed by atoms with Crippen LogP contribution in [0, 0.1) is 5.82 Å². The van der Waals surface area contributed by atoms with E-state index < -0.39 is 23.7 Å². The van der Waals surface area contributed by atoms with E-state index in [9.17, 15) is 19.1 Å². The molecule has 0 radical (unpaired) electrons. The number of halogens is 1. The number of amides is 1. The topological polar surface area (TPSA) is 135 Å². The zero-order valence-corrected chi connectivity index (χ0v) is 14.7. The summed E-state index contributed by atoms with van der Waals surface area (Å²) >= 11 is 0. The van der Waals surface area contributed by atoms with Crippen LogP contribution in [0.25, 0.3) is 11.5 Å². The van der Waals surface area contributed by atoms with Gasteiger partial charge >= 0.3 is 5.97 Å². The smallest absolute Gasteiger partial charge is 0.337 e. The van der Waals surface area contributed by atoms with E-state index in [0.717, 1.165) is 6.20 Å². The quantitative estimate of drug-likeness (QED) is 0.652. The predicted octanol–water partition coefficient (Wildman–Crippen LogP) is 1.50. The van der Waals surface area contributed by atoms with Crippen LogP contribution in [0.4, 0.5) is 10.1 Å². The zero-order chi connectivity index (χ0) is 20.3. The SMILES string of the molecule is CN(C(=O)C(N)Cc1nc(-c2ccc(F)cn2)no1)c1ccccc1C(=O)O. The minimum absolute atomic E-state index is 0.0204. The third-order valence-corrected chi connectivity index (χ3v) is 3.96. The van der Waals surface area contributed by atoms with E-state index >= 15 is 0 Å². The van der Waals surface area contributed by atoms with E-state index in [2.05, 4.69) is 15.1 Å². The Bertz CT molecular complexity index is 1010. The number of carboxylic acid groups (broad SMARTS) is 1. The van der Waals surface area contributed by atoms with E-state index in [4.69, 9.17) is 10.3 Å². The molecule has 2 aromatic heterocycles. The molecule has 28 heavy (non-hydrogen) atoms. The van der Waals surface area contributed by atoms with Gasteiger partial charge in [0.25, 0.3) is 0 Å². The molecule has 0 bridgehead atoms. The number of hydrogen-bond donors (Lipinski definition) is 2. The van der Waals surface area contributed by atoms with Crippen LogP contribution in [0.15, 0.2) is 47.1 Å². The number of aromatic carboxylic acids is 1. The first-order chi connectivity index (χ1) is 13.4. The Balaban J connectivity index is 1.73. The first-order valence-electron chi connectivity index (χ1n) is 8.17. The van der Waals surface area contributed by atoms with Crippen LogP contribution in [0.2, 0.25) is 0 Å². The van der Waals surface area contributed by atoms with Crippen molar-refractivity contribution in [3.05, 3.63) is 59.9 Å². The summed E-state index contributed by atoms with van der Waals surface area (Å²) in [5.74, 6) is -1.93. The van der Waals surface area contributed by atoms with Gasteiger partial charge in [0.15, 0.2) is 0 Å². The summed E-state index contributed by atoms with van der Waals surface area (Å²) in [6, 6.07) is 7.66. The number of carbonyl (C=O) groups excluding carboxylic acids is 1. The second kappa shape index (κ2) is 7.92. The van der Waals surface area contributed by atoms with Crippen molar-refractivity contribution in [1.29, 1.82) is 0 Å². The molecule has 0 fully saturated rings. The van der Waals surface area contributed by atoms with Gasteiger partial charge in [-0.25, -0.2) is 14.2 Å². The zero-order valence-electron chi connectivity index (χ0n) is 14.7. The average molecular weight is 385 g/mol. The molecule has 0 spiro atoms. The number of nitrogens with two attached hydrogens (primary N) is 1. The summed E-state index contributed by atoms with van der Waals surface area (Å²) in [6.45, 7) is 0. The van der Waals surface area contributed by atoms with Crippen LogP contribution in [0.3, 0.4) is 0 Å². The van der Waals surface area contributed by atoms with Crippen molar-refractivity contribution < 1.29 is 23.6 Å². The molecule has 0 saturated carbocycles. The third-order valence-electron chi connectivity index (χ3n) is 3.96. The number of pyridine rings is 1. The van der Waals surface area contributed by atoms with Crippen molar-refractivity contribution in [2.24, 2.45) is 5.73 Å². The Morgan fingerprint density at radius 2 is 2.04 bits per heavy atom. The van der Waals surface area contributed by atoms with Crippen LogP contribution >= 0.6 is 0 Å². The molecular weight excluding hydrogens is 369 g/mol. The Morgan fingerprint density at radius 3 is 2.71 bits per heavy atom. The summed E-state index contributed by atoms with van der Waals surface area (Å²) < 4.78 is 18.0. The molecule has 3 rings (SSSR count). The second-order valence-corrected chi connectivity index (χ2v) is 5.90. The molecule has 144 valence electrons. The Kier molecular flexibility index (Phi) is 5.41. The molecule has 3 aromatic rings. The average Bonchev–Trinajstić information content (AvgIpc) is 3.15. The fourth-order valence-corrected chi connectivity index (χ4v) is 2.54. The first-order valence-corrected chi connectivity index (χ1v) is 8.17. The number of nitrogens with zero attached hydrogens (tertiary/aromatic N) is 4. The molecule has 0 aliphatic carbocycles. The number of para-hydroxylation sites is 1. The van der Waals surface area contributed by atoms with Crippen LogP contribution in [-0.2, 0) is 11.2 Å². The highest BCUT2D eigenvalue weighted by atomic mass is 19.1. The lowest BCUT2D eigenvalue weighted by atomic mass is 10.1. The van der Waals surface area contributed by atoms with Crippen LogP contribution in [-0.4, -0.2) is 45.2 Å². The predicted molar refractivity (Wildman–Crippen MR) is 96.0 cm³/mol. The number of anilines is 1. The van der Waals surface area contributed by atoms with Gasteiger partial charge in [0.2, 0.25) is 17.6 Å². The van der Waals surface area contributed by atoms with Gasteiger partial charge < -0.3 is 20.3 Å². The molecule has 0 aliphatic heterocycles. The van der Waals surface area contributed by atoms with Crippen LogP contribution in [0.1, 0.15) is 16.2 Å². The molecule has 1 aromatic carbocycles. The minimum Gasteiger partial charge on any atom is -0.478 e. The molecule has 1 amide bonds. The van der Waals surface area contributed by atoms with Crippen molar-refractivity contribution in [3.8, 4) is 11.5 Å². The third kappa shape index (κ3) is 4.01. The second-order valence-electron chi connectivity index (χ2n) is 5.90. The summed E-state index contributed by atoms with van der Waals surface area (Å²) in [7, 11) is 1.44. The summed E-state index contributed by atoms with van der Waals surface area (Å²) in [6.07, 6.45) is 0.960. The van der Waals surface area contributed by atoms with Crippen LogP contribution in [0.5, 0.6) is 0 Å². The fourth-order valence-electron chi connectivity index (χ4n) is 2.54. The standard InChI is InChI=1S/C18H16FN5O4/c1-24(14-5-3-2-4-11(14)18(26)27)17(25)12(20)8-15-22-16(23-28-15)13-7-6-10(19)9-21-13/h2-7,9,12H,8,20H2,1H3,(H,26,27). The van der Waals surface area contributed by atoms with Crippen molar-refractivity contribution in [3.63, 3.8) is 0 Å². The highest BCUT2D eigenvalue weighted by molar-refractivity contribution is 6.03. The van der Waals surface area contributed by atoms with E-state index in [1.807, 2.05) is 0 Å². The fraction of sp³-hybridized carbons (Fsp3) is 0.167. The van der Waals surface area contributed by atoms with Crippen molar-refractivity contribution >= 4 is 17.6 Å². The largest absolute Gasteiger partial charge is 0.478 e. The summed E-state index contributed by atoms with van der Waals surface area (Å²) in [5, 5.41) is 13.0. The maximum absolute atomic E-state index is 12.9. The monoisotopic (exact) mass is 385 g/mol. The minimum atomic E-state index is -1.16. The molecule has 0 aliphatic rings. The van der Waals surface area contributed by atoms with E-state index in [0.29, 0.717) is 5.69 Å². The number of carbonyl (C=O) groups is 2. The highest BCUT2D eigenvalue weighted by Gasteiger charge is 2.25. The summed E-state index contributed by atoms with van der Waals surface area (Å²) in [4.78, 5) is 33.1. The lowest BCUT2D eigenvalue weighted by Crippen LogP contribution is -2.43. The van der Waals surface area contributed by atoms with Crippen molar-refractivity contribution in [2.45, 2.75) is 12.5 Å². The number of benzene rings is 1. The number of hydrogen-bond acceptors (Lipinski definition) is 7. The number of rotatable bonds is 6. The van der Waals surface area contributed by atoms with Crippen molar-refractivity contribution in [1.82, 2.24) is 15.1 Å². The van der Waals surface area contributed by atoms with Crippen LogP contribution < -0.4 is 10.6 Å². The van der Waals surface area contributed by atoms with Gasteiger partial charge in [0.05, 0.1) is 29.9 Å². The van der Waals surface area contributed by atoms with Gasteiger partial charge in [-0.2, -0.15) is 4.98 Å². The van der Waals surface area contributed by atoms with Gasteiger partial charge in [-0.15, -0.1) is 0 Å². The normalized spacial score (nSPS) is 11.8. The number of likely N-dealkylation sites (N-methyl/N-ethyl adjacent to an activating group) is 1. The lowest BCUT2D eigenvalue weighted by molar-refractivity contribution is -0.119. The van der Waals surface area contributed by atoms with Gasteiger partial charge in [-0.3, -0.25) is 4.79 Å². The Hall–Kier alpha value is -3.66. The van der Waals surface area contributed by atoms with E-state index in [1.54, 1.807) is 12.1 Å². The molecule has 3 N–H and O–H groups in total. The molecule has 1 atom stereocenters. The summed E-state index contributed by atoms with van der Waals surface area (Å²) in [5.41, 5.74) is 6.46. The maximum atomic E-state index is 12.9. The van der Waals surface area contributed by atoms with E-state index in [-0.39, 0.29) is 29.4 Å². The molecule has 9 nitrogen and oxygen atoms in total. The van der Waals surface area contributed by atoms with Gasteiger partial charge in [-0.05, 0) is 24.3 Å². The molecular formula is C18H16FN5O4. The van der Waals surface area contributed by atoms with Gasteiger partial charge in [0, 0.05) is 7.05 Å². The molecule has 2 heterocycles. The van der Waals surface area contributed by atoms with Gasteiger partial charge in [-0.1, -0.05) is 17.3 Å². The maximum Gasteiger partial charge on any atom is 0.337 e. The molecule has 0 saturated heterocycles. The van der Waals surface area contributed by atoms with Gasteiger partial charge in [0.1, 0.15) is 11.5 Å². The lowest BCUT2D eigenvalue weighted by Gasteiger charge is -2.22. The van der Waals surface area contributed by atoms with Crippen molar-refractivity contribution in [2.75, 3.05) is 11.9 Å². The van der Waals surface area contributed by atoms with E-state index in [1.165, 1.54) is 36.2 Å².